The number of benzene rings is 1. The summed E-state index contributed by atoms with van der Waals surface area (Å²) in [6.45, 7) is 9.59. The van der Waals surface area contributed by atoms with Crippen LogP contribution in [0.25, 0.3) is 0 Å². The average Bonchev–Trinajstić information content (AvgIpc) is 2.90. The van der Waals surface area contributed by atoms with Gasteiger partial charge in [-0.2, -0.15) is 0 Å². The Morgan fingerprint density at radius 3 is 2.72 bits per heavy atom. The molecule has 1 saturated heterocycles. The maximum Gasteiger partial charge on any atom is 0.408 e. The fourth-order valence-corrected chi connectivity index (χ4v) is 2.77. The lowest BCUT2D eigenvalue weighted by Crippen LogP contribution is -2.35. The van der Waals surface area contributed by atoms with Gasteiger partial charge >= 0.3 is 6.09 Å². The van der Waals surface area contributed by atoms with Crippen LogP contribution in [0.15, 0.2) is 30.9 Å². The number of rotatable bonds is 5. The lowest BCUT2D eigenvalue weighted by Gasteiger charge is -2.24. The summed E-state index contributed by atoms with van der Waals surface area (Å²) in [4.78, 5) is 25.6. The van der Waals surface area contributed by atoms with Gasteiger partial charge in [-0.25, -0.2) is 9.18 Å². The number of amides is 2. The number of alkyl carbamates (subject to hydrolysis) is 1. The van der Waals surface area contributed by atoms with E-state index in [1.165, 1.54) is 12.1 Å². The Hall–Kier alpha value is -2.37. The molecule has 0 bridgehead atoms. The molecule has 0 aliphatic carbocycles. The molecule has 25 heavy (non-hydrogen) atoms. The van der Waals surface area contributed by atoms with Gasteiger partial charge in [0.15, 0.2) is 0 Å². The number of carbonyl (C=O) groups is 2. The van der Waals surface area contributed by atoms with E-state index >= 15 is 0 Å². The molecule has 1 aromatic rings. The van der Waals surface area contributed by atoms with Crippen molar-refractivity contribution in [2.45, 2.75) is 51.7 Å². The third-order valence-corrected chi connectivity index (χ3v) is 3.79. The topological polar surface area (TPSA) is 58.6 Å². The maximum absolute atomic E-state index is 14.1. The molecule has 0 spiro atoms. The van der Waals surface area contributed by atoms with Gasteiger partial charge in [-0.05, 0) is 57.4 Å². The number of hydrogen-bond donors (Lipinski definition) is 1. The second-order valence-electron chi connectivity index (χ2n) is 7.11. The maximum atomic E-state index is 14.1. The molecule has 1 atom stereocenters. The number of nitrogens with one attached hydrogen (secondary N) is 1. The van der Waals surface area contributed by atoms with Gasteiger partial charge in [0.2, 0.25) is 5.91 Å². The highest BCUT2D eigenvalue weighted by atomic mass is 19.1. The molecule has 1 aromatic carbocycles. The fraction of sp³-hybridized carbons (Fsp3) is 0.474. The van der Waals surface area contributed by atoms with Crippen LogP contribution in [0.3, 0.4) is 0 Å². The lowest BCUT2D eigenvalue weighted by molar-refractivity contribution is -0.117. The molecular formula is C19H25FN2O3. The number of hydrogen-bond acceptors (Lipinski definition) is 3. The van der Waals surface area contributed by atoms with Crippen molar-refractivity contribution in [2.75, 3.05) is 11.4 Å². The fourth-order valence-electron chi connectivity index (χ4n) is 2.77. The van der Waals surface area contributed by atoms with Crippen molar-refractivity contribution in [1.82, 2.24) is 5.32 Å². The first-order chi connectivity index (χ1) is 11.7. The third kappa shape index (κ3) is 5.31. The van der Waals surface area contributed by atoms with E-state index in [1.807, 2.05) is 0 Å². The van der Waals surface area contributed by atoms with Crippen LogP contribution in [0.1, 0.15) is 51.6 Å². The molecule has 1 aliphatic rings. The number of carbonyl (C=O) groups excluding carboxylic acids is 2. The summed E-state index contributed by atoms with van der Waals surface area (Å²) in [6.07, 6.45) is 2.71. The van der Waals surface area contributed by atoms with Crippen LogP contribution in [0.2, 0.25) is 0 Å². The van der Waals surface area contributed by atoms with Gasteiger partial charge in [-0.1, -0.05) is 6.08 Å². The highest BCUT2D eigenvalue weighted by molar-refractivity contribution is 5.95. The molecule has 0 saturated carbocycles. The summed E-state index contributed by atoms with van der Waals surface area (Å²) >= 11 is 0. The Bertz CT molecular complexity index is 667. The van der Waals surface area contributed by atoms with Gasteiger partial charge in [-0.15, -0.1) is 6.58 Å². The average molecular weight is 348 g/mol. The van der Waals surface area contributed by atoms with E-state index in [2.05, 4.69) is 11.9 Å². The summed E-state index contributed by atoms with van der Waals surface area (Å²) in [5.41, 5.74) is 0.454. The molecular weight excluding hydrogens is 323 g/mol. The highest BCUT2D eigenvalue weighted by Crippen LogP contribution is 2.28. The first kappa shape index (κ1) is 19.0. The Balaban J connectivity index is 2.25. The Labute approximate surface area is 147 Å². The van der Waals surface area contributed by atoms with Crippen LogP contribution in [-0.2, 0) is 9.53 Å². The Kier molecular flexibility index (Phi) is 5.82. The van der Waals surface area contributed by atoms with Gasteiger partial charge in [-0.3, -0.25) is 4.79 Å². The monoisotopic (exact) mass is 348 g/mol. The molecule has 2 amide bonds. The van der Waals surface area contributed by atoms with Crippen molar-refractivity contribution in [3.05, 3.63) is 42.2 Å². The second kappa shape index (κ2) is 7.68. The van der Waals surface area contributed by atoms with Crippen molar-refractivity contribution >= 4 is 17.7 Å². The van der Waals surface area contributed by atoms with E-state index in [4.69, 9.17) is 4.74 Å². The minimum Gasteiger partial charge on any atom is -0.444 e. The molecule has 5 nitrogen and oxygen atoms in total. The zero-order valence-corrected chi connectivity index (χ0v) is 15.0. The molecule has 136 valence electrons. The van der Waals surface area contributed by atoms with E-state index in [9.17, 15) is 14.0 Å². The van der Waals surface area contributed by atoms with Gasteiger partial charge < -0.3 is 15.0 Å². The van der Waals surface area contributed by atoms with E-state index in [0.29, 0.717) is 30.6 Å². The van der Waals surface area contributed by atoms with Crippen LogP contribution >= 0.6 is 0 Å². The molecule has 2 rings (SSSR count). The molecule has 1 aliphatic heterocycles. The van der Waals surface area contributed by atoms with Crippen LogP contribution in [0.4, 0.5) is 14.9 Å². The summed E-state index contributed by atoms with van der Waals surface area (Å²) in [5, 5.41) is 2.74. The van der Waals surface area contributed by atoms with Crippen LogP contribution < -0.4 is 10.2 Å². The van der Waals surface area contributed by atoms with E-state index in [1.54, 1.807) is 37.8 Å². The Morgan fingerprint density at radius 2 is 2.16 bits per heavy atom. The quantitative estimate of drug-likeness (QED) is 0.815. The summed E-state index contributed by atoms with van der Waals surface area (Å²) < 4.78 is 19.4. The molecule has 1 N–H and O–H groups in total. The number of ether oxygens (including phenoxy) is 1. The van der Waals surface area contributed by atoms with E-state index in [-0.39, 0.29) is 5.91 Å². The predicted molar refractivity (Wildman–Crippen MR) is 94.9 cm³/mol. The zero-order chi connectivity index (χ0) is 18.6. The lowest BCUT2D eigenvalue weighted by atomic mass is 10.0. The molecule has 1 fully saturated rings. The smallest absolute Gasteiger partial charge is 0.408 e. The SMILES string of the molecule is C=CCC(NC(=O)OC(C)(C)C)c1cc(F)cc(N2CCCC2=O)c1. The number of halogens is 1. The minimum absolute atomic E-state index is 0.0167. The van der Waals surface area contributed by atoms with Gasteiger partial charge in [0, 0.05) is 18.7 Å². The largest absolute Gasteiger partial charge is 0.444 e. The van der Waals surface area contributed by atoms with Crippen molar-refractivity contribution in [3.8, 4) is 0 Å². The Morgan fingerprint density at radius 1 is 1.44 bits per heavy atom. The van der Waals surface area contributed by atoms with Gasteiger partial charge in [0.25, 0.3) is 0 Å². The van der Waals surface area contributed by atoms with Crippen LogP contribution in [0, 0.1) is 5.82 Å². The van der Waals surface area contributed by atoms with Crippen molar-refractivity contribution in [3.63, 3.8) is 0 Å². The summed E-state index contributed by atoms with van der Waals surface area (Å²) in [6, 6.07) is 3.94. The van der Waals surface area contributed by atoms with Crippen molar-refractivity contribution in [2.24, 2.45) is 0 Å². The zero-order valence-electron chi connectivity index (χ0n) is 15.0. The van der Waals surface area contributed by atoms with Gasteiger partial charge in [0.1, 0.15) is 11.4 Å². The molecule has 6 heteroatoms. The van der Waals surface area contributed by atoms with Crippen molar-refractivity contribution < 1.29 is 18.7 Å². The van der Waals surface area contributed by atoms with Crippen molar-refractivity contribution in [1.29, 1.82) is 0 Å². The highest BCUT2D eigenvalue weighted by Gasteiger charge is 2.25. The minimum atomic E-state index is -0.627. The first-order valence-corrected chi connectivity index (χ1v) is 8.41. The number of anilines is 1. The molecule has 1 heterocycles. The summed E-state index contributed by atoms with van der Waals surface area (Å²) in [5.74, 6) is -0.468. The second-order valence-corrected chi connectivity index (χ2v) is 7.11. The number of nitrogens with zero attached hydrogens (tertiary/aromatic N) is 1. The predicted octanol–water partition coefficient (Wildman–Crippen LogP) is 4.09. The van der Waals surface area contributed by atoms with Crippen LogP contribution in [0.5, 0.6) is 0 Å². The first-order valence-electron chi connectivity index (χ1n) is 8.41. The standard InChI is InChI=1S/C19H25FN2O3/c1-5-7-16(21-18(24)25-19(2,3)4)13-10-14(20)12-15(11-13)22-9-6-8-17(22)23/h5,10-12,16H,1,6-9H2,2-4H3,(H,21,24). The third-order valence-electron chi connectivity index (χ3n) is 3.79. The van der Waals surface area contributed by atoms with E-state index < -0.39 is 23.6 Å². The molecule has 1 unspecified atom stereocenters. The van der Waals surface area contributed by atoms with Crippen LogP contribution in [-0.4, -0.2) is 24.1 Å². The summed E-state index contributed by atoms with van der Waals surface area (Å²) in [7, 11) is 0. The normalized spacial score (nSPS) is 15.8. The molecule has 0 aromatic heterocycles. The van der Waals surface area contributed by atoms with Gasteiger partial charge in [0.05, 0.1) is 6.04 Å². The molecule has 0 radical (unpaired) electrons. The van der Waals surface area contributed by atoms with E-state index in [0.717, 1.165) is 6.42 Å².